The smallest absolute Gasteiger partial charge is 0.346 e. The van der Waals surface area contributed by atoms with Crippen LogP contribution in [-0.2, 0) is 23.9 Å². The predicted molar refractivity (Wildman–Crippen MR) is 88.2 cm³/mol. The van der Waals surface area contributed by atoms with E-state index in [0.29, 0.717) is 5.69 Å². The molecule has 0 spiro atoms. The van der Waals surface area contributed by atoms with Crippen LogP contribution in [0.4, 0.5) is 13.2 Å². The number of hydrogen-bond donors (Lipinski definition) is 1. The molecule has 0 aromatic carbocycles. The summed E-state index contributed by atoms with van der Waals surface area (Å²) in [6, 6.07) is 6.47. The highest BCUT2D eigenvalue weighted by atomic mass is 19.4. The van der Waals surface area contributed by atoms with E-state index in [9.17, 15) is 22.8 Å². The number of carbonyl (C=O) groups is 2. The first-order chi connectivity index (χ1) is 12.2. The summed E-state index contributed by atoms with van der Waals surface area (Å²) < 4.78 is 38.0. The van der Waals surface area contributed by atoms with Crippen LogP contribution in [0.3, 0.4) is 0 Å². The number of Topliss-reactive ketones (excluding diaryl/α,β-unsaturated/α-hetero) is 1. The van der Waals surface area contributed by atoms with Crippen molar-refractivity contribution in [1.29, 1.82) is 0 Å². The number of alkyl halides is 3. The average Bonchev–Trinajstić information content (AvgIpc) is 2.59. The minimum Gasteiger partial charge on any atom is -0.346 e. The van der Waals surface area contributed by atoms with Crippen molar-refractivity contribution in [3.05, 3.63) is 59.2 Å². The van der Waals surface area contributed by atoms with Crippen molar-refractivity contribution >= 4 is 11.7 Å². The highest BCUT2D eigenvalue weighted by Crippen LogP contribution is 2.27. The van der Waals surface area contributed by atoms with Gasteiger partial charge in [0.15, 0.2) is 0 Å². The van der Waals surface area contributed by atoms with Crippen molar-refractivity contribution in [2.24, 2.45) is 5.92 Å². The molecule has 1 N–H and O–H groups in total. The molecule has 0 saturated heterocycles. The van der Waals surface area contributed by atoms with Gasteiger partial charge in [-0.15, -0.1) is 0 Å². The maximum atomic E-state index is 12.7. The van der Waals surface area contributed by atoms with Gasteiger partial charge < -0.3 is 5.32 Å². The molecule has 0 saturated carbocycles. The number of pyridine rings is 2. The van der Waals surface area contributed by atoms with Gasteiger partial charge >= 0.3 is 6.18 Å². The van der Waals surface area contributed by atoms with Crippen molar-refractivity contribution in [2.45, 2.75) is 33.0 Å². The van der Waals surface area contributed by atoms with Gasteiger partial charge in [0.05, 0.1) is 12.2 Å². The largest absolute Gasteiger partial charge is 0.433 e. The fraction of sp³-hybridized carbons (Fsp3) is 0.333. The third kappa shape index (κ3) is 5.37. The molecule has 2 heterocycles. The molecule has 8 heteroatoms. The Kier molecular flexibility index (Phi) is 6.07. The number of nitrogens with one attached hydrogen (secondary N) is 1. The number of ketones is 1. The molecule has 2 aromatic heterocycles. The molecule has 0 aliphatic heterocycles. The van der Waals surface area contributed by atoms with E-state index in [1.807, 2.05) is 0 Å². The molecule has 0 aliphatic rings. The van der Waals surface area contributed by atoms with E-state index in [4.69, 9.17) is 0 Å². The molecular formula is C18H18F3N3O2. The van der Waals surface area contributed by atoms with Crippen molar-refractivity contribution < 1.29 is 22.8 Å². The topological polar surface area (TPSA) is 72.0 Å². The maximum absolute atomic E-state index is 12.7. The molecule has 0 atom stereocenters. The lowest BCUT2D eigenvalue weighted by atomic mass is 10.0. The van der Waals surface area contributed by atoms with Crippen molar-refractivity contribution in [1.82, 2.24) is 15.3 Å². The third-order valence-electron chi connectivity index (χ3n) is 3.61. The normalized spacial score (nSPS) is 11.5. The number of carbonyl (C=O) groups excluding carboxylic acids is 2. The van der Waals surface area contributed by atoms with Crippen molar-refractivity contribution in [3.63, 3.8) is 0 Å². The average molecular weight is 365 g/mol. The molecule has 0 unspecified atom stereocenters. The Bertz CT molecular complexity index is 804. The summed E-state index contributed by atoms with van der Waals surface area (Å²) in [4.78, 5) is 31.5. The zero-order chi connectivity index (χ0) is 19.3. The van der Waals surface area contributed by atoms with Crippen LogP contribution in [-0.4, -0.2) is 21.7 Å². The zero-order valence-corrected chi connectivity index (χ0v) is 14.3. The number of halogens is 3. The van der Waals surface area contributed by atoms with Crippen LogP contribution in [0.1, 0.15) is 41.3 Å². The van der Waals surface area contributed by atoms with Gasteiger partial charge in [-0.3, -0.25) is 14.6 Å². The van der Waals surface area contributed by atoms with Crippen LogP contribution in [0, 0.1) is 5.92 Å². The fourth-order valence-corrected chi connectivity index (χ4v) is 2.11. The molecule has 0 fully saturated rings. The first-order valence-electron chi connectivity index (χ1n) is 7.96. The van der Waals surface area contributed by atoms with Crippen LogP contribution in [0.15, 0.2) is 36.5 Å². The van der Waals surface area contributed by atoms with Crippen LogP contribution >= 0.6 is 0 Å². The molecule has 1 amide bonds. The van der Waals surface area contributed by atoms with Gasteiger partial charge in [-0.2, -0.15) is 13.2 Å². The molecular weight excluding hydrogens is 347 g/mol. The van der Waals surface area contributed by atoms with E-state index in [1.165, 1.54) is 30.5 Å². The first kappa shape index (κ1) is 19.6. The molecule has 0 aliphatic carbocycles. The van der Waals surface area contributed by atoms with Crippen LogP contribution in [0.5, 0.6) is 0 Å². The molecule has 0 bridgehead atoms. The van der Waals surface area contributed by atoms with E-state index in [1.54, 1.807) is 13.8 Å². The van der Waals surface area contributed by atoms with E-state index < -0.39 is 17.8 Å². The number of aromatic nitrogens is 2. The molecule has 26 heavy (non-hydrogen) atoms. The predicted octanol–water partition coefficient (Wildman–Crippen LogP) is 3.19. The Morgan fingerprint density at radius 3 is 2.54 bits per heavy atom. The summed E-state index contributed by atoms with van der Waals surface area (Å²) in [6.45, 7) is 3.41. The second-order valence-electron chi connectivity index (χ2n) is 6.03. The van der Waals surface area contributed by atoms with Crippen molar-refractivity contribution in [3.8, 4) is 0 Å². The molecule has 2 rings (SSSR count). The zero-order valence-electron chi connectivity index (χ0n) is 14.3. The molecule has 0 radical (unpaired) electrons. The highest BCUT2D eigenvalue weighted by Gasteiger charge is 2.32. The number of amides is 1. The van der Waals surface area contributed by atoms with E-state index >= 15 is 0 Å². The molecule has 2 aromatic rings. The van der Waals surface area contributed by atoms with Gasteiger partial charge in [-0.25, -0.2) is 4.98 Å². The van der Waals surface area contributed by atoms with Gasteiger partial charge in [-0.1, -0.05) is 19.9 Å². The Morgan fingerprint density at radius 2 is 1.88 bits per heavy atom. The summed E-state index contributed by atoms with van der Waals surface area (Å²) in [5, 5.41) is 2.52. The minimum absolute atomic E-state index is 0.00299. The summed E-state index contributed by atoms with van der Waals surface area (Å²) in [5.41, 5.74) is -0.174. The van der Waals surface area contributed by atoms with Crippen LogP contribution < -0.4 is 5.32 Å². The Hall–Kier alpha value is -2.77. The van der Waals surface area contributed by atoms with E-state index in [-0.39, 0.29) is 35.9 Å². The minimum atomic E-state index is -4.54. The van der Waals surface area contributed by atoms with Gasteiger partial charge in [0.1, 0.15) is 11.5 Å². The van der Waals surface area contributed by atoms with Gasteiger partial charge in [-0.05, 0) is 24.3 Å². The third-order valence-corrected chi connectivity index (χ3v) is 3.61. The summed E-state index contributed by atoms with van der Waals surface area (Å²) in [7, 11) is 0. The molecule has 5 nitrogen and oxygen atoms in total. The molecule has 138 valence electrons. The number of nitrogens with zero attached hydrogens (tertiary/aromatic N) is 2. The number of rotatable bonds is 6. The van der Waals surface area contributed by atoms with Crippen molar-refractivity contribution in [2.75, 3.05) is 0 Å². The monoisotopic (exact) mass is 365 g/mol. The summed E-state index contributed by atoms with van der Waals surface area (Å²) >= 11 is 0. The summed E-state index contributed by atoms with van der Waals surface area (Å²) in [5.74, 6) is -0.616. The quantitative estimate of drug-likeness (QED) is 0.853. The Labute approximate surface area is 148 Å². The van der Waals surface area contributed by atoms with Crippen LogP contribution in [0.25, 0.3) is 0 Å². The van der Waals surface area contributed by atoms with Gasteiger partial charge in [0.25, 0.3) is 5.91 Å². The lowest BCUT2D eigenvalue weighted by Gasteiger charge is -2.09. The highest BCUT2D eigenvalue weighted by molar-refractivity contribution is 5.94. The lowest BCUT2D eigenvalue weighted by molar-refractivity contribution is -0.141. The first-order valence-corrected chi connectivity index (χ1v) is 7.96. The van der Waals surface area contributed by atoms with E-state index in [0.717, 1.165) is 6.07 Å². The van der Waals surface area contributed by atoms with Gasteiger partial charge in [0, 0.05) is 29.8 Å². The number of hydrogen-bond acceptors (Lipinski definition) is 4. The van der Waals surface area contributed by atoms with E-state index in [2.05, 4.69) is 15.3 Å². The Morgan fingerprint density at radius 1 is 1.15 bits per heavy atom. The summed E-state index contributed by atoms with van der Waals surface area (Å²) in [6.07, 6.45) is -3.00. The second kappa shape index (κ2) is 8.07. The van der Waals surface area contributed by atoms with Crippen LogP contribution in [0.2, 0.25) is 0 Å². The fourth-order valence-electron chi connectivity index (χ4n) is 2.11. The second-order valence-corrected chi connectivity index (χ2v) is 6.03. The lowest BCUT2D eigenvalue weighted by Crippen LogP contribution is -2.24. The SMILES string of the molecule is CC(C)C(=O)Cc1cc(C(=O)NCc2cccc(C(F)(F)F)n2)ccn1. The maximum Gasteiger partial charge on any atom is 0.433 e. The Balaban J connectivity index is 2.03. The van der Waals surface area contributed by atoms with Gasteiger partial charge in [0.2, 0.25) is 0 Å². The standard InChI is InChI=1S/C18H18F3N3O2/c1-11(2)15(25)9-14-8-12(6-7-22-14)17(26)23-10-13-4-3-5-16(24-13)18(19,20)21/h3-8,11H,9-10H2,1-2H3,(H,23,26).